The normalized spacial score (nSPS) is 22.8. The number of carbonyl (C=O) groups is 1. The molecule has 1 aliphatic heterocycles. The first-order chi connectivity index (χ1) is 5.77. The first kappa shape index (κ1) is 7.70. The Kier molecular flexibility index (Phi) is 1.82. The number of aromatic nitrogens is 1. The average Bonchev–Trinajstić information content (AvgIpc) is 2.58. The number of rotatable bonds is 1. The van der Waals surface area contributed by atoms with E-state index in [2.05, 4.69) is 15.6 Å². The van der Waals surface area contributed by atoms with Gasteiger partial charge in [-0.1, -0.05) is 0 Å². The molecule has 2 rings (SSSR count). The van der Waals surface area contributed by atoms with Gasteiger partial charge < -0.3 is 5.32 Å². The number of nitrogens with zero attached hydrogens (tertiary/aromatic N) is 1. The molecule has 1 unspecified atom stereocenters. The number of hydrogen-bond acceptors (Lipinski definition) is 4. The minimum absolute atomic E-state index is 0.0231. The molecule has 1 saturated heterocycles. The van der Waals surface area contributed by atoms with Gasteiger partial charge in [0.15, 0.2) is 0 Å². The van der Waals surface area contributed by atoms with E-state index < -0.39 is 0 Å². The number of amides is 1. The second kappa shape index (κ2) is 2.84. The van der Waals surface area contributed by atoms with Crippen molar-refractivity contribution in [3.8, 4) is 0 Å². The predicted molar refractivity (Wildman–Crippen MR) is 45.7 cm³/mol. The SMILES string of the molecule is Cc1ncsc1C1NCC(=O)N1. The monoisotopic (exact) mass is 183 g/mol. The summed E-state index contributed by atoms with van der Waals surface area (Å²) in [6, 6.07) is 0. The summed E-state index contributed by atoms with van der Waals surface area (Å²) in [5, 5.41) is 5.88. The molecule has 1 atom stereocenters. The standard InChI is InChI=1S/C7H9N3OS/c1-4-6(12-3-9-4)7-8-2-5(11)10-7/h3,7-8H,2H2,1H3,(H,10,11). The zero-order chi connectivity index (χ0) is 8.55. The van der Waals surface area contributed by atoms with Crippen molar-refractivity contribution in [3.63, 3.8) is 0 Å². The Balaban J connectivity index is 2.21. The van der Waals surface area contributed by atoms with Crippen LogP contribution in [0.2, 0.25) is 0 Å². The molecule has 1 fully saturated rings. The first-order valence-electron chi connectivity index (χ1n) is 3.70. The van der Waals surface area contributed by atoms with Crippen LogP contribution >= 0.6 is 11.3 Å². The van der Waals surface area contributed by atoms with Crippen molar-refractivity contribution in [1.82, 2.24) is 15.6 Å². The summed E-state index contributed by atoms with van der Waals surface area (Å²) in [4.78, 5) is 16.1. The molecule has 64 valence electrons. The van der Waals surface area contributed by atoms with Gasteiger partial charge in [-0.25, -0.2) is 4.98 Å². The summed E-state index contributed by atoms with van der Waals surface area (Å²) >= 11 is 1.56. The van der Waals surface area contributed by atoms with E-state index in [4.69, 9.17) is 0 Å². The number of thiazole rings is 1. The van der Waals surface area contributed by atoms with E-state index in [0.29, 0.717) is 6.54 Å². The second-order valence-corrected chi connectivity index (χ2v) is 3.57. The van der Waals surface area contributed by atoms with Crippen LogP contribution in [-0.4, -0.2) is 17.4 Å². The predicted octanol–water partition coefficient (Wildman–Crippen LogP) is 0.170. The van der Waals surface area contributed by atoms with Gasteiger partial charge in [0.05, 0.1) is 22.6 Å². The second-order valence-electron chi connectivity index (χ2n) is 2.68. The van der Waals surface area contributed by atoms with Gasteiger partial charge in [-0.2, -0.15) is 0 Å². The summed E-state index contributed by atoms with van der Waals surface area (Å²) in [6.07, 6.45) is -0.0231. The molecule has 12 heavy (non-hydrogen) atoms. The zero-order valence-corrected chi connectivity index (χ0v) is 7.44. The Morgan fingerprint density at radius 1 is 1.75 bits per heavy atom. The third kappa shape index (κ3) is 1.21. The quantitative estimate of drug-likeness (QED) is 0.652. The van der Waals surface area contributed by atoms with Gasteiger partial charge >= 0.3 is 0 Å². The minimum atomic E-state index is -0.0231. The lowest BCUT2D eigenvalue weighted by molar-refractivity contribution is -0.118. The highest BCUT2D eigenvalue weighted by molar-refractivity contribution is 7.09. The molecule has 1 aromatic rings. The molecule has 0 bridgehead atoms. The highest BCUT2D eigenvalue weighted by Crippen LogP contribution is 2.20. The number of nitrogens with one attached hydrogen (secondary N) is 2. The van der Waals surface area contributed by atoms with Crippen molar-refractivity contribution in [2.75, 3.05) is 6.54 Å². The lowest BCUT2D eigenvalue weighted by Gasteiger charge is -2.07. The molecule has 0 radical (unpaired) electrons. The third-order valence-electron chi connectivity index (χ3n) is 1.82. The molecule has 0 aromatic carbocycles. The highest BCUT2D eigenvalue weighted by Gasteiger charge is 2.23. The van der Waals surface area contributed by atoms with Crippen molar-refractivity contribution < 1.29 is 4.79 Å². The van der Waals surface area contributed by atoms with E-state index in [1.165, 1.54) is 0 Å². The lowest BCUT2D eigenvalue weighted by Crippen LogP contribution is -2.22. The van der Waals surface area contributed by atoms with Crippen LogP contribution in [0.3, 0.4) is 0 Å². The minimum Gasteiger partial charge on any atom is -0.335 e. The van der Waals surface area contributed by atoms with Crippen LogP contribution in [0.5, 0.6) is 0 Å². The van der Waals surface area contributed by atoms with Crippen LogP contribution in [0, 0.1) is 6.92 Å². The Bertz CT molecular complexity index is 309. The van der Waals surface area contributed by atoms with Gasteiger partial charge in [0, 0.05) is 0 Å². The molecule has 2 heterocycles. The van der Waals surface area contributed by atoms with E-state index in [1.807, 2.05) is 6.92 Å². The van der Waals surface area contributed by atoms with Crippen LogP contribution < -0.4 is 10.6 Å². The van der Waals surface area contributed by atoms with Gasteiger partial charge in [-0.3, -0.25) is 10.1 Å². The Labute approximate surface area is 74.0 Å². The van der Waals surface area contributed by atoms with Gasteiger partial charge in [0.2, 0.25) is 5.91 Å². The summed E-state index contributed by atoms with van der Waals surface area (Å²) in [5.74, 6) is 0.0489. The molecular weight excluding hydrogens is 174 g/mol. The van der Waals surface area contributed by atoms with Crippen LogP contribution in [-0.2, 0) is 4.79 Å². The smallest absolute Gasteiger partial charge is 0.235 e. The fourth-order valence-corrected chi connectivity index (χ4v) is 2.03. The Morgan fingerprint density at radius 2 is 2.58 bits per heavy atom. The summed E-state index contributed by atoms with van der Waals surface area (Å²) < 4.78 is 0. The third-order valence-corrected chi connectivity index (χ3v) is 2.81. The molecule has 1 aliphatic rings. The fourth-order valence-electron chi connectivity index (χ4n) is 1.20. The number of hydrogen-bond donors (Lipinski definition) is 2. The van der Waals surface area contributed by atoms with Crippen molar-refractivity contribution in [3.05, 3.63) is 16.1 Å². The topological polar surface area (TPSA) is 54.0 Å². The van der Waals surface area contributed by atoms with Gasteiger partial charge in [-0.05, 0) is 6.92 Å². The van der Waals surface area contributed by atoms with E-state index >= 15 is 0 Å². The summed E-state index contributed by atoms with van der Waals surface area (Å²) in [5.41, 5.74) is 2.77. The summed E-state index contributed by atoms with van der Waals surface area (Å²) in [6.45, 7) is 2.35. The van der Waals surface area contributed by atoms with Crippen molar-refractivity contribution in [2.24, 2.45) is 0 Å². The Morgan fingerprint density at radius 3 is 3.08 bits per heavy atom. The van der Waals surface area contributed by atoms with E-state index in [1.54, 1.807) is 16.8 Å². The lowest BCUT2D eigenvalue weighted by atomic mass is 10.3. The van der Waals surface area contributed by atoms with Crippen molar-refractivity contribution >= 4 is 17.2 Å². The molecule has 5 heteroatoms. The van der Waals surface area contributed by atoms with Crippen LogP contribution in [0.25, 0.3) is 0 Å². The molecule has 1 amide bonds. The van der Waals surface area contributed by atoms with Crippen LogP contribution in [0.4, 0.5) is 0 Å². The molecule has 0 aliphatic carbocycles. The molecule has 2 N–H and O–H groups in total. The largest absolute Gasteiger partial charge is 0.335 e. The van der Waals surface area contributed by atoms with Crippen molar-refractivity contribution in [1.29, 1.82) is 0 Å². The van der Waals surface area contributed by atoms with Crippen LogP contribution in [0.1, 0.15) is 16.7 Å². The maximum atomic E-state index is 10.9. The number of aryl methyl sites for hydroxylation is 1. The molecular formula is C7H9N3OS. The maximum Gasteiger partial charge on any atom is 0.235 e. The molecule has 0 spiro atoms. The highest BCUT2D eigenvalue weighted by atomic mass is 32.1. The van der Waals surface area contributed by atoms with Gasteiger partial charge in [-0.15, -0.1) is 11.3 Å². The summed E-state index contributed by atoms with van der Waals surface area (Å²) in [7, 11) is 0. The van der Waals surface area contributed by atoms with Crippen LogP contribution in [0.15, 0.2) is 5.51 Å². The Hall–Kier alpha value is -0.940. The maximum absolute atomic E-state index is 10.9. The van der Waals surface area contributed by atoms with E-state index in [0.717, 1.165) is 10.6 Å². The zero-order valence-electron chi connectivity index (χ0n) is 6.63. The van der Waals surface area contributed by atoms with Gasteiger partial charge in [0.1, 0.15) is 6.17 Å². The first-order valence-corrected chi connectivity index (χ1v) is 4.58. The molecule has 1 aromatic heterocycles. The van der Waals surface area contributed by atoms with E-state index in [9.17, 15) is 4.79 Å². The molecule has 4 nitrogen and oxygen atoms in total. The number of carbonyl (C=O) groups excluding carboxylic acids is 1. The van der Waals surface area contributed by atoms with Gasteiger partial charge in [0.25, 0.3) is 0 Å². The average molecular weight is 183 g/mol. The van der Waals surface area contributed by atoms with E-state index in [-0.39, 0.29) is 12.1 Å². The fraction of sp³-hybridized carbons (Fsp3) is 0.429. The van der Waals surface area contributed by atoms with Crippen molar-refractivity contribution in [2.45, 2.75) is 13.1 Å². The molecule has 0 saturated carbocycles.